The highest BCUT2D eigenvalue weighted by atomic mass is 16.5. The largest absolute Gasteiger partial charge is 0.491 e. The van der Waals surface area contributed by atoms with E-state index in [0.29, 0.717) is 13.1 Å². The Morgan fingerprint density at radius 1 is 1.19 bits per heavy atom. The molecule has 1 aromatic heterocycles. The molecule has 2 aromatic rings. The fourth-order valence-electron chi connectivity index (χ4n) is 1.99. The van der Waals surface area contributed by atoms with Crippen LogP contribution in [0.25, 0.3) is 0 Å². The Balaban J connectivity index is 1.72. The molecule has 0 saturated carbocycles. The van der Waals surface area contributed by atoms with Crippen molar-refractivity contribution in [1.82, 2.24) is 10.3 Å². The third-order valence-corrected chi connectivity index (χ3v) is 3.23. The van der Waals surface area contributed by atoms with Crippen LogP contribution >= 0.6 is 0 Å². The zero-order chi connectivity index (χ0) is 15.1. The Hall–Kier alpha value is -1.91. The van der Waals surface area contributed by atoms with Gasteiger partial charge in [0.1, 0.15) is 18.5 Å². The number of hydrogen-bond donors (Lipinski definition) is 2. The second-order valence-electron chi connectivity index (χ2n) is 5.22. The molecule has 2 rings (SSSR count). The molecule has 2 N–H and O–H groups in total. The van der Waals surface area contributed by atoms with Crippen LogP contribution in [-0.2, 0) is 6.54 Å². The molecule has 112 valence electrons. The number of nitrogens with zero attached hydrogens (tertiary/aromatic N) is 1. The van der Waals surface area contributed by atoms with Gasteiger partial charge in [-0.3, -0.25) is 4.98 Å². The van der Waals surface area contributed by atoms with Crippen molar-refractivity contribution in [2.24, 2.45) is 0 Å². The van der Waals surface area contributed by atoms with Crippen molar-refractivity contribution in [3.8, 4) is 5.75 Å². The van der Waals surface area contributed by atoms with E-state index >= 15 is 0 Å². The molecule has 0 bridgehead atoms. The summed E-state index contributed by atoms with van der Waals surface area (Å²) in [4.78, 5) is 3.97. The molecule has 0 saturated heterocycles. The zero-order valence-electron chi connectivity index (χ0n) is 12.5. The van der Waals surface area contributed by atoms with Crippen LogP contribution in [0, 0.1) is 13.8 Å². The highest BCUT2D eigenvalue weighted by molar-refractivity contribution is 5.35. The van der Waals surface area contributed by atoms with Gasteiger partial charge in [0.25, 0.3) is 0 Å². The van der Waals surface area contributed by atoms with E-state index in [1.165, 1.54) is 0 Å². The maximum absolute atomic E-state index is 9.95. The van der Waals surface area contributed by atoms with Crippen LogP contribution in [0.1, 0.15) is 16.7 Å². The fourth-order valence-corrected chi connectivity index (χ4v) is 1.99. The Kier molecular flexibility index (Phi) is 5.72. The van der Waals surface area contributed by atoms with Crippen molar-refractivity contribution in [2.75, 3.05) is 13.2 Å². The van der Waals surface area contributed by atoms with Crippen LogP contribution in [0.5, 0.6) is 5.75 Å². The predicted molar refractivity (Wildman–Crippen MR) is 83.4 cm³/mol. The van der Waals surface area contributed by atoms with Crippen LogP contribution in [0.2, 0.25) is 0 Å². The molecule has 0 aliphatic heterocycles. The first-order valence-corrected chi connectivity index (χ1v) is 7.13. The predicted octanol–water partition coefficient (Wildman–Crippen LogP) is 2.23. The van der Waals surface area contributed by atoms with E-state index in [9.17, 15) is 5.11 Å². The van der Waals surface area contributed by atoms with Crippen LogP contribution in [0.15, 0.2) is 42.7 Å². The summed E-state index contributed by atoms with van der Waals surface area (Å²) < 4.78 is 5.68. The smallest absolute Gasteiger partial charge is 0.122 e. The molecule has 0 fully saturated rings. The van der Waals surface area contributed by atoms with E-state index in [1.807, 2.05) is 38.1 Å². The van der Waals surface area contributed by atoms with Crippen molar-refractivity contribution in [3.63, 3.8) is 0 Å². The SMILES string of the molecule is Cc1ccc(C)c(OCC(O)CNCc2ccncc2)c1. The molecule has 0 radical (unpaired) electrons. The van der Waals surface area contributed by atoms with Gasteiger partial charge in [0.2, 0.25) is 0 Å². The fraction of sp³-hybridized carbons (Fsp3) is 0.353. The van der Waals surface area contributed by atoms with Gasteiger partial charge in [-0.15, -0.1) is 0 Å². The lowest BCUT2D eigenvalue weighted by Crippen LogP contribution is -2.31. The number of nitrogens with one attached hydrogen (secondary N) is 1. The number of pyridine rings is 1. The number of aliphatic hydroxyl groups is 1. The number of aryl methyl sites for hydroxylation is 2. The first-order chi connectivity index (χ1) is 10.1. The number of aromatic nitrogens is 1. The lowest BCUT2D eigenvalue weighted by molar-refractivity contribution is 0.106. The van der Waals surface area contributed by atoms with Gasteiger partial charge < -0.3 is 15.2 Å². The lowest BCUT2D eigenvalue weighted by Gasteiger charge is -2.15. The summed E-state index contributed by atoms with van der Waals surface area (Å²) in [6.07, 6.45) is 2.99. The van der Waals surface area contributed by atoms with Crippen molar-refractivity contribution < 1.29 is 9.84 Å². The molecule has 1 heterocycles. The summed E-state index contributed by atoms with van der Waals surface area (Å²) >= 11 is 0. The number of hydrogen-bond acceptors (Lipinski definition) is 4. The topological polar surface area (TPSA) is 54.4 Å². The molecule has 1 atom stereocenters. The van der Waals surface area contributed by atoms with Gasteiger partial charge in [-0.25, -0.2) is 0 Å². The van der Waals surface area contributed by atoms with Gasteiger partial charge in [0.05, 0.1) is 0 Å². The van der Waals surface area contributed by atoms with Crippen molar-refractivity contribution in [1.29, 1.82) is 0 Å². The highest BCUT2D eigenvalue weighted by Gasteiger charge is 2.06. The first-order valence-electron chi connectivity index (χ1n) is 7.13. The number of aliphatic hydroxyl groups excluding tert-OH is 1. The van der Waals surface area contributed by atoms with Crippen molar-refractivity contribution >= 4 is 0 Å². The first kappa shape index (κ1) is 15.5. The Morgan fingerprint density at radius 2 is 1.95 bits per heavy atom. The van der Waals surface area contributed by atoms with E-state index in [4.69, 9.17) is 4.74 Å². The molecule has 0 aliphatic carbocycles. The summed E-state index contributed by atoms with van der Waals surface area (Å²) in [5.41, 5.74) is 3.38. The molecule has 21 heavy (non-hydrogen) atoms. The summed E-state index contributed by atoms with van der Waals surface area (Å²) in [5, 5.41) is 13.2. The van der Waals surface area contributed by atoms with Crippen LogP contribution in [0.4, 0.5) is 0 Å². The zero-order valence-corrected chi connectivity index (χ0v) is 12.5. The summed E-state index contributed by atoms with van der Waals surface area (Å²) in [6.45, 7) is 5.52. The van der Waals surface area contributed by atoms with Gasteiger partial charge in [-0.05, 0) is 48.7 Å². The van der Waals surface area contributed by atoms with Crippen LogP contribution in [0.3, 0.4) is 0 Å². The molecule has 0 amide bonds. The minimum Gasteiger partial charge on any atom is -0.491 e. The minimum absolute atomic E-state index is 0.285. The quantitative estimate of drug-likeness (QED) is 0.819. The van der Waals surface area contributed by atoms with Crippen LogP contribution in [-0.4, -0.2) is 29.3 Å². The monoisotopic (exact) mass is 286 g/mol. The summed E-state index contributed by atoms with van der Waals surface area (Å²) in [7, 11) is 0. The molecule has 4 heteroatoms. The van der Waals surface area contributed by atoms with E-state index in [0.717, 1.165) is 22.4 Å². The molecule has 1 aromatic carbocycles. The number of rotatable bonds is 7. The Bertz CT molecular complexity index is 558. The second-order valence-corrected chi connectivity index (χ2v) is 5.22. The highest BCUT2D eigenvalue weighted by Crippen LogP contribution is 2.19. The molecule has 1 unspecified atom stereocenters. The molecular weight excluding hydrogens is 264 g/mol. The normalized spacial score (nSPS) is 12.1. The number of ether oxygens (including phenoxy) is 1. The van der Waals surface area contributed by atoms with Gasteiger partial charge in [-0.1, -0.05) is 12.1 Å². The van der Waals surface area contributed by atoms with E-state index < -0.39 is 6.10 Å². The minimum atomic E-state index is -0.535. The average molecular weight is 286 g/mol. The Labute approximate surface area is 125 Å². The third kappa shape index (κ3) is 5.17. The van der Waals surface area contributed by atoms with E-state index in [-0.39, 0.29) is 6.61 Å². The lowest BCUT2D eigenvalue weighted by atomic mass is 10.1. The Morgan fingerprint density at radius 3 is 2.71 bits per heavy atom. The maximum Gasteiger partial charge on any atom is 0.122 e. The number of benzene rings is 1. The van der Waals surface area contributed by atoms with Crippen LogP contribution < -0.4 is 10.1 Å². The molecule has 0 spiro atoms. The molecule has 4 nitrogen and oxygen atoms in total. The van der Waals surface area contributed by atoms with Gasteiger partial charge in [0.15, 0.2) is 0 Å². The molecule has 0 aliphatic rings. The summed E-state index contributed by atoms with van der Waals surface area (Å²) in [6, 6.07) is 9.97. The van der Waals surface area contributed by atoms with Gasteiger partial charge in [-0.2, -0.15) is 0 Å². The second kappa shape index (κ2) is 7.76. The average Bonchev–Trinajstić information content (AvgIpc) is 2.49. The third-order valence-electron chi connectivity index (χ3n) is 3.23. The summed E-state index contributed by atoms with van der Waals surface area (Å²) in [5.74, 6) is 0.836. The van der Waals surface area contributed by atoms with Gasteiger partial charge >= 0.3 is 0 Å². The van der Waals surface area contributed by atoms with Gasteiger partial charge in [0, 0.05) is 25.5 Å². The van der Waals surface area contributed by atoms with E-state index in [1.54, 1.807) is 12.4 Å². The standard InChI is InChI=1S/C17H22N2O2/c1-13-3-4-14(2)17(9-13)21-12-16(20)11-19-10-15-5-7-18-8-6-15/h3-9,16,19-20H,10-12H2,1-2H3. The van der Waals surface area contributed by atoms with Crippen molar-refractivity contribution in [3.05, 3.63) is 59.4 Å². The molecular formula is C17H22N2O2. The maximum atomic E-state index is 9.95. The van der Waals surface area contributed by atoms with E-state index in [2.05, 4.69) is 16.4 Å². The van der Waals surface area contributed by atoms with Crippen molar-refractivity contribution in [2.45, 2.75) is 26.5 Å².